The van der Waals surface area contributed by atoms with Crippen LogP contribution in [0, 0.1) is 0 Å². The summed E-state index contributed by atoms with van der Waals surface area (Å²) in [7, 11) is 0. The highest BCUT2D eigenvalue weighted by Gasteiger charge is 2.11. The molecule has 0 saturated carbocycles. The first kappa shape index (κ1) is 16.3. The second-order valence-corrected chi connectivity index (χ2v) is 5.63. The van der Waals surface area contributed by atoms with Gasteiger partial charge in [0.1, 0.15) is 0 Å². The molecule has 0 fully saturated rings. The van der Waals surface area contributed by atoms with Gasteiger partial charge in [-0.1, -0.05) is 47.5 Å². The molecule has 0 spiro atoms. The third-order valence-electron chi connectivity index (χ3n) is 3.16. The Kier molecular flexibility index (Phi) is 6.03. The Morgan fingerprint density at radius 1 is 1.05 bits per heavy atom. The molecule has 0 bridgehead atoms. The Morgan fingerprint density at radius 3 is 2.57 bits per heavy atom. The van der Waals surface area contributed by atoms with E-state index in [1.165, 1.54) is 0 Å². The van der Waals surface area contributed by atoms with Gasteiger partial charge in [0, 0.05) is 28.7 Å². The zero-order valence-electron chi connectivity index (χ0n) is 11.4. The molecule has 0 aliphatic rings. The molecule has 112 valence electrons. The molecule has 21 heavy (non-hydrogen) atoms. The smallest absolute Gasteiger partial charge is 0.0929 e. The highest BCUT2D eigenvalue weighted by molar-refractivity contribution is 6.33. The van der Waals surface area contributed by atoms with E-state index >= 15 is 0 Å². The minimum atomic E-state index is -0.725. The molecule has 0 amide bonds. The average molecular weight is 326 g/mol. The van der Waals surface area contributed by atoms with Gasteiger partial charge in [-0.3, -0.25) is 0 Å². The predicted octanol–water partition coefficient (Wildman–Crippen LogP) is 3.31. The summed E-state index contributed by atoms with van der Waals surface area (Å²) in [6.45, 7) is 0.987. The van der Waals surface area contributed by atoms with Crippen molar-refractivity contribution >= 4 is 23.2 Å². The summed E-state index contributed by atoms with van der Waals surface area (Å²) < 4.78 is 0. The van der Waals surface area contributed by atoms with Gasteiger partial charge in [-0.25, -0.2) is 0 Å². The van der Waals surface area contributed by atoms with Crippen molar-refractivity contribution in [1.82, 2.24) is 5.32 Å². The van der Waals surface area contributed by atoms with Crippen LogP contribution in [0.3, 0.4) is 0 Å². The molecule has 2 rings (SSSR count). The van der Waals surface area contributed by atoms with Gasteiger partial charge in [-0.15, -0.1) is 0 Å². The summed E-state index contributed by atoms with van der Waals surface area (Å²) in [5.41, 5.74) is 2.53. The lowest BCUT2D eigenvalue weighted by Crippen LogP contribution is -2.21. The molecule has 3 N–H and O–H groups in total. The minimum Gasteiger partial charge on any atom is -0.392 e. The first-order chi connectivity index (χ1) is 10.1. The number of nitrogens with one attached hydrogen (secondary N) is 1. The van der Waals surface area contributed by atoms with E-state index in [1.54, 1.807) is 18.2 Å². The first-order valence-corrected chi connectivity index (χ1v) is 7.38. The topological polar surface area (TPSA) is 52.5 Å². The number of aliphatic hydroxyl groups excluding tert-OH is 2. The SMILES string of the molecule is OCc1cccc(CNCC(O)c2cc(Cl)ccc2Cl)c1. The Balaban J connectivity index is 1.92. The lowest BCUT2D eigenvalue weighted by Gasteiger charge is -2.14. The van der Waals surface area contributed by atoms with Gasteiger partial charge < -0.3 is 15.5 Å². The lowest BCUT2D eigenvalue weighted by molar-refractivity contribution is 0.174. The third-order valence-corrected chi connectivity index (χ3v) is 3.74. The quantitative estimate of drug-likeness (QED) is 0.763. The zero-order valence-corrected chi connectivity index (χ0v) is 12.9. The second kappa shape index (κ2) is 7.78. The number of rotatable bonds is 6. The molecule has 5 heteroatoms. The second-order valence-electron chi connectivity index (χ2n) is 4.79. The molecule has 0 aliphatic carbocycles. The van der Waals surface area contributed by atoms with Crippen LogP contribution in [0.4, 0.5) is 0 Å². The van der Waals surface area contributed by atoms with Crippen LogP contribution in [0.1, 0.15) is 22.8 Å². The average Bonchev–Trinajstić information content (AvgIpc) is 2.49. The van der Waals surface area contributed by atoms with Crippen LogP contribution in [-0.2, 0) is 13.2 Å². The number of halogens is 2. The molecular weight excluding hydrogens is 309 g/mol. The number of benzene rings is 2. The lowest BCUT2D eigenvalue weighted by atomic mass is 10.1. The third kappa shape index (κ3) is 4.70. The van der Waals surface area contributed by atoms with E-state index in [1.807, 2.05) is 24.3 Å². The molecule has 0 aromatic heterocycles. The van der Waals surface area contributed by atoms with Crippen LogP contribution in [0.15, 0.2) is 42.5 Å². The summed E-state index contributed by atoms with van der Waals surface area (Å²) in [5, 5.41) is 23.5. The van der Waals surface area contributed by atoms with E-state index in [0.717, 1.165) is 11.1 Å². The van der Waals surface area contributed by atoms with Crippen molar-refractivity contribution in [2.45, 2.75) is 19.3 Å². The predicted molar refractivity (Wildman–Crippen MR) is 85.5 cm³/mol. The maximum absolute atomic E-state index is 10.2. The summed E-state index contributed by atoms with van der Waals surface area (Å²) in [6.07, 6.45) is -0.725. The van der Waals surface area contributed by atoms with Gasteiger partial charge in [0.2, 0.25) is 0 Å². The van der Waals surface area contributed by atoms with E-state index in [9.17, 15) is 5.11 Å². The Bertz CT molecular complexity index is 605. The molecule has 0 saturated heterocycles. The van der Waals surface area contributed by atoms with Crippen molar-refractivity contribution in [3.8, 4) is 0 Å². The fourth-order valence-corrected chi connectivity index (χ4v) is 2.50. The monoisotopic (exact) mass is 325 g/mol. The molecular formula is C16H17Cl2NO2. The van der Waals surface area contributed by atoms with Gasteiger partial charge in [-0.2, -0.15) is 0 Å². The van der Waals surface area contributed by atoms with Crippen LogP contribution in [0.5, 0.6) is 0 Å². The van der Waals surface area contributed by atoms with Gasteiger partial charge in [0.15, 0.2) is 0 Å². The standard InChI is InChI=1S/C16H17Cl2NO2/c17-13-4-5-15(18)14(7-13)16(21)9-19-8-11-2-1-3-12(6-11)10-20/h1-7,16,19-21H,8-10H2. The molecule has 2 aromatic carbocycles. The van der Waals surface area contributed by atoms with E-state index in [2.05, 4.69) is 5.32 Å². The maximum atomic E-state index is 10.2. The normalized spacial score (nSPS) is 12.4. The molecule has 0 heterocycles. The molecule has 1 unspecified atom stereocenters. The fourth-order valence-electron chi connectivity index (χ4n) is 2.07. The molecule has 1 atom stereocenters. The van der Waals surface area contributed by atoms with Crippen LogP contribution in [0.25, 0.3) is 0 Å². The van der Waals surface area contributed by atoms with Gasteiger partial charge in [0.05, 0.1) is 12.7 Å². The Morgan fingerprint density at radius 2 is 1.81 bits per heavy atom. The van der Waals surface area contributed by atoms with Crippen LogP contribution in [-0.4, -0.2) is 16.8 Å². The number of aliphatic hydroxyl groups is 2. The van der Waals surface area contributed by atoms with E-state index in [-0.39, 0.29) is 6.61 Å². The summed E-state index contributed by atoms with van der Waals surface area (Å²) in [4.78, 5) is 0. The van der Waals surface area contributed by atoms with Crippen LogP contribution < -0.4 is 5.32 Å². The maximum Gasteiger partial charge on any atom is 0.0929 e. The molecule has 2 aromatic rings. The largest absolute Gasteiger partial charge is 0.392 e. The summed E-state index contributed by atoms with van der Waals surface area (Å²) >= 11 is 12.0. The van der Waals surface area contributed by atoms with Crippen LogP contribution in [0.2, 0.25) is 10.0 Å². The molecule has 0 aliphatic heterocycles. The Labute approximate surface area is 134 Å². The first-order valence-electron chi connectivity index (χ1n) is 6.62. The van der Waals surface area contributed by atoms with E-state index < -0.39 is 6.10 Å². The Hall–Kier alpha value is -1.10. The van der Waals surface area contributed by atoms with Crippen molar-refractivity contribution in [2.75, 3.05) is 6.54 Å². The van der Waals surface area contributed by atoms with Gasteiger partial charge >= 0.3 is 0 Å². The van der Waals surface area contributed by atoms with Gasteiger partial charge in [-0.05, 0) is 29.3 Å². The van der Waals surface area contributed by atoms with Gasteiger partial charge in [0.25, 0.3) is 0 Å². The fraction of sp³-hybridized carbons (Fsp3) is 0.250. The summed E-state index contributed by atoms with van der Waals surface area (Å²) in [5.74, 6) is 0. The van der Waals surface area contributed by atoms with Crippen molar-refractivity contribution < 1.29 is 10.2 Å². The highest BCUT2D eigenvalue weighted by atomic mass is 35.5. The minimum absolute atomic E-state index is 0.0224. The van der Waals surface area contributed by atoms with Crippen LogP contribution >= 0.6 is 23.2 Å². The highest BCUT2D eigenvalue weighted by Crippen LogP contribution is 2.26. The van der Waals surface area contributed by atoms with Crippen molar-refractivity contribution in [2.24, 2.45) is 0 Å². The van der Waals surface area contributed by atoms with Crippen molar-refractivity contribution in [3.63, 3.8) is 0 Å². The molecule has 3 nitrogen and oxygen atoms in total. The van der Waals surface area contributed by atoms with E-state index in [4.69, 9.17) is 28.3 Å². The zero-order chi connectivity index (χ0) is 15.2. The summed E-state index contributed by atoms with van der Waals surface area (Å²) in [6, 6.07) is 12.7. The van der Waals surface area contributed by atoms with E-state index in [0.29, 0.717) is 28.7 Å². The number of hydrogen-bond acceptors (Lipinski definition) is 3. The molecule has 0 radical (unpaired) electrons. The van der Waals surface area contributed by atoms with Crippen molar-refractivity contribution in [1.29, 1.82) is 0 Å². The van der Waals surface area contributed by atoms with Crippen molar-refractivity contribution in [3.05, 3.63) is 69.2 Å². The number of hydrogen-bond donors (Lipinski definition) is 3.